The van der Waals surface area contributed by atoms with Gasteiger partial charge < -0.3 is 35.9 Å². The second-order valence-electron chi connectivity index (χ2n) is 8.43. The Kier molecular flexibility index (Phi) is 8.48. The Morgan fingerprint density at radius 2 is 1.97 bits per heavy atom. The summed E-state index contributed by atoms with van der Waals surface area (Å²) in [6.07, 6.45) is 0.432. The Balaban J connectivity index is 1.42. The standard InChI is InChI=1S/C21H29BN4O8/c1-12(27)8-17(28)24-6-7-25-20(29)15(23)11-26-9-14(10-26)33-16-3-2-13-4-5-22(32)34-19(13)18(16)21(30)31/h2-3,14-15,32H,4-11,23H2,1H3,(H,24,28)(H,25,29)(H,30,31). The molecule has 1 saturated heterocycles. The summed E-state index contributed by atoms with van der Waals surface area (Å²) in [5.41, 5.74) is 6.54. The molecule has 34 heavy (non-hydrogen) atoms. The van der Waals surface area contributed by atoms with Crippen molar-refractivity contribution in [2.24, 2.45) is 5.73 Å². The number of amides is 2. The number of hydrogen-bond donors (Lipinski definition) is 5. The van der Waals surface area contributed by atoms with Gasteiger partial charge in [0.1, 0.15) is 28.9 Å². The van der Waals surface area contributed by atoms with E-state index in [1.54, 1.807) is 12.1 Å². The monoisotopic (exact) mass is 476 g/mol. The lowest BCUT2D eigenvalue weighted by molar-refractivity contribution is -0.128. The quantitative estimate of drug-likeness (QED) is 0.142. The molecule has 12 nitrogen and oxygen atoms in total. The summed E-state index contributed by atoms with van der Waals surface area (Å²) in [4.78, 5) is 48.1. The largest absolute Gasteiger partial charge is 0.535 e. The Hall–Kier alpha value is -3.16. The first kappa shape index (κ1) is 25.5. The summed E-state index contributed by atoms with van der Waals surface area (Å²) in [7, 11) is -1.05. The number of carbonyl (C=O) groups excluding carboxylic acids is 3. The minimum Gasteiger partial charge on any atom is -0.535 e. The van der Waals surface area contributed by atoms with Crippen LogP contribution in [0.15, 0.2) is 12.1 Å². The second-order valence-corrected chi connectivity index (χ2v) is 8.43. The zero-order valence-electron chi connectivity index (χ0n) is 18.9. The maximum absolute atomic E-state index is 12.1. The molecule has 2 amide bonds. The molecule has 0 aromatic heterocycles. The highest BCUT2D eigenvalue weighted by Crippen LogP contribution is 2.37. The average Bonchev–Trinajstić information content (AvgIpc) is 2.73. The summed E-state index contributed by atoms with van der Waals surface area (Å²) in [5.74, 6) is -1.91. The minimum atomic E-state index is -1.20. The van der Waals surface area contributed by atoms with E-state index in [0.717, 1.165) is 0 Å². The van der Waals surface area contributed by atoms with Gasteiger partial charge in [-0.25, -0.2) is 4.79 Å². The summed E-state index contributed by atoms with van der Waals surface area (Å²) < 4.78 is 11.2. The van der Waals surface area contributed by atoms with Crippen LogP contribution in [0, 0.1) is 0 Å². The zero-order chi connectivity index (χ0) is 24.8. The van der Waals surface area contributed by atoms with E-state index in [4.69, 9.17) is 15.1 Å². The molecule has 1 unspecified atom stereocenters. The fraction of sp³-hybridized carbons (Fsp3) is 0.524. The van der Waals surface area contributed by atoms with Crippen LogP contribution in [0.2, 0.25) is 6.32 Å². The number of nitrogens with one attached hydrogen (secondary N) is 2. The molecule has 13 heteroatoms. The number of likely N-dealkylation sites (tertiary alicyclic amines) is 1. The van der Waals surface area contributed by atoms with Gasteiger partial charge in [-0.15, -0.1) is 0 Å². The van der Waals surface area contributed by atoms with Crippen LogP contribution in [0.3, 0.4) is 0 Å². The molecule has 0 bridgehead atoms. The van der Waals surface area contributed by atoms with Gasteiger partial charge in [-0.3, -0.25) is 19.3 Å². The van der Waals surface area contributed by atoms with Gasteiger partial charge in [0.15, 0.2) is 0 Å². The first-order valence-corrected chi connectivity index (χ1v) is 11.1. The van der Waals surface area contributed by atoms with Crippen LogP contribution in [0.1, 0.15) is 29.3 Å². The molecule has 184 valence electrons. The molecule has 1 atom stereocenters. The van der Waals surface area contributed by atoms with Crippen molar-refractivity contribution in [2.45, 2.75) is 38.2 Å². The van der Waals surface area contributed by atoms with Crippen molar-refractivity contribution in [3.05, 3.63) is 23.3 Å². The average molecular weight is 476 g/mol. The summed E-state index contributed by atoms with van der Waals surface area (Å²) in [6.45, 7) is 2.91. The summed E-state index contributed by atoms with van der Waals surface area (Å²) in [5, 5.41) is 24.5. The number of Topliss-reactive ketones (excluding diaryl/α,β-unsaturated/α-hetero) is 1. The van der Waals surface area contributed by atoms with E-state index in [1.807, 2.05) is 4.90 Å². The Morgan fingerprint density at radius 1 is 1.26 bits per heavy atom. The first-order valence-electron chi connectivity index (χ1n) is 11.1. The number of nitrogens with two attached hydrogens (primary N) is 1. The number of aromatic carboxylic acids is 1. The molecular formula is C21H29BN4O8. The molecule has 1 fully saturated rings. The number of hydrogen-bond acceptors (Lipinski definition) is 9. The fourth-order valence-electron chi connectivity index (χ4n) is 3.81. The van der Waals surface area contributed by atoms with E-state index < -0.39 is 25.0 Å². The molecular weight excluding hydrogens is 447 g/mol. The van der Waals surface area contributed by atoms with E-state index in [1.165, 1.54) is 6.92 Å². The van der Waals surface area contributed by atoms with Gasteiger partial charge in [0, 0.05) is 32.7 Å². The van der Waals surface area contributed by atoms with Crippen LogP contribution in [-0.2, 0) is 20.8 Å². The van der Waals surface area contributed by atoms with Crippen molar-refractivity contribution in [3.8, 4) is 11.5 Å². The maximum atomic E-state index is 12.1. The highest BCUT2D eigenvalue weighted by atomic mass is 16.5. The van der Waals surface area contributed by atoms with Gasteiger partial charge in [0.05, 0.1) is 12.5 Å². The molecule has 2 aliphatic heterocycles. The molecule has 1 aromatic rings. The number of carboxylic acid groups (broad SMARTS) is 1. The molecule has 2 heterocycles. The highest BCUT2D eigenvalue weighted by Gasteiger charge is 2.34. The highest BCUT2D eigenvalue weighted by molar-refractivity contribution is 6.44. The number of ether oxygens (including phenoxy) is 1. The molecule has 0 radical (unpaired) electrons. The molecule has 1 aromatic carbocycles. The SMILES string of the molecule is CC(=O)CC(=O)NCCNC(=O)C(N)CN1CC(Oc2ccc3c(c2C(=O)O)OB(O)CC3)C1. The lowest BCUT2D eigenvalue weighted by Gasteiger charge is -2.40. The Morgan fingerprint density at radius 3 is 2.65 bits per heavy atom. The van der Waals surface area contributed by atoms with Crippen molar-refractivity contribution in [1.29, 1.82) is 0 Å². The number of carbonyl (C=O) groups is 4. The van der Waals surface area contributed by atoms with Gasteiger partial charge in [0.2, 0.25) is 11.8 Å². The first-order chi connectivity index (χ1) is 16.1. The van der Waals surface area contributed by atoms with Crippen LogP contribution in [0.5, 0.6) is 11.5 Å². The van der Waals surface area contributed by atoms with Crippen molar-refractivity contribution in [3.63, 3.8) is 0 Å². The van der Waals surface area contributed by atoms with Gasteiger partial charge in [-0.1, -0.05) is 6.07 Å². The van der Waals surface area contributed by atoms with Crippen molar-refractivity contribution in [2.75, 3.05) is 32.7 Å². The smallest absolute Gasteiger partial charge is 0.522 e. The summed E-state index contributed by atoms with van der Waals surface area (Å²) >= 11 is 0. The Bertz CT molecular complexity index is 953. The van der Waals surface area contributed by atoms with E-state index in [2.05, 4.69) is 10.6 Å². The third-order valence-electron chi connectivity index (χ3n) is 5.49. The molecule has 0 aliphatic carbocycles. The van der Waals surface area contributed by atoms with Crippen LogP contribution < -0.4 is 25.8 Å². The van der Waals surface area contributed by atoms with Crippen molar-refractivity contribution < 1.29 is 38.7 Å². The molecule has 6 N–H and O–H groups in total. The molecule has 2 aliphatic rings. The number of carboxylic acids is 1. The Labute approximate surface area is 196 Å². The van der Waals surface area contributed by atoms with Gasteiger partial charge in [-0.2, -0.15) is 0 Å². The molecule has 3 rings (SSSR count). The fourth-order valence-corrected chi connectivity index (χ4v) is 3.81. The summed E-state index contributed by atoms with van der Waals surface area (Å²) in [6, 6.07) is 2.55. The molecule has 0 spiro atoms. The van der Waals surface area contributed by atoms with Crippen LogP contribution >= 0.6 is 0 Å². The number of ketones is 1. The van der Waals surface area contributed by atoms with E-state index in [9.17, 15) is 29.3 Å². The van der Waals surface area contributed by atoms with Crippen LogP contribution in [0.4, 0.5) is 0 Å². The van der Waals surface area contributed by atoms with Crippen molar-refractivity contribution in [1.82, 2.24) is 15.5 Å². The van der Waals surface area contributed by atoms with E-state index in [0.29, 0.717) is 31.4 Å². The van der Waals surface area contributed by atoms with Crippen molar-refractivity contribution >= 4 is 30.7 Å². The second kappa shape index (κ2) is 11.3. The van der Waals surface area contributed by atoms with Crippen LogP contribution in [-0.4, -0.2) is 90.6 Å². The zero-order valence-corrected chi connectivity index (χ0v) is 18.9. The van der Waals surface area contributed by atoms with Gasteiger partial charge in [0.25, 0.3) is 0 Å². The number of rotatable bonds is 11. The topological polar surface area (TPSA) is 181 Å². The number of aryl methyl sites for hydroxylation is 1. The van der Waals surface area contributed by atoms with E-state index >= 15 is 0 Å². The van der Waals surface area contributed by atoms with Crippen LogP contribution in [0.25, 0.3) is 0 Å². The predicted octanol–water partition coefficient (Wildman–Crippen LogP) is -1.60. The number of benzene rings is 1. The normalized spacial score (nSPS) is 16.5. The maximum Gasteiger partial charge on any atom is 0.522 e. The molecule has 0 saturated carbocycles. The number of fused-ring (bicyclic) bond motifs is 1. The lowest BCUT2D eigenvalue weighted by atomic mass is 9.78. The predicted molar refractivity (Wildman–Crippen MR) is 121 cm³/mol. The third-order valence-corrected chi connectivity index (χ3v) is 5.49. The lowest BCUT2D eigenvalue weighted by Crippen LogP contribution is -2.59. The van der Waals surface area contributed by atoms with Gasteiger partial charge in [-0.05, 0) is 31.3 Å². The van der Waals surface area contributed by atoms with E-state index in [-0.39, 0.29) is 60.9 Å². The minimum absolute atomic E-state index is 0.110. The third kappa shape index (κ3) is 6.68. The van der Waals surface area contributed by atoms with Gasteiger partial charge >= 0.3 is 13.1 Å². The number of nitrogens with zero attached hydrogens (tertiary/aromatic N) is 1.